The molecule has 2 aromatic carbocycles. The van der Waals surface area contributed by atoms with Crippen LogP contribution in [0.2, 0.25) is 0 Å². The van der Waals surface area contributed by atoms with Crippen molar-refractivity contribution in [3.05, 3.63) is 95.6 Å². The Morgan fingerprint density at radius 1 is 1.07 bits per heavy atom. The number of aryl methyl sites for hydroxylation is 2. The van der Waals surface area contributed by atoms with Crippen LogP contribution >= 0.6 is 0 Å². The first-order chi connectivity index (χ1) is 13.6. The highest BCUT2D eigenvalue weighted by Gasteiger charge is 2.22. The molecule has 1 N–H and O–H groups in total. The molecule has 2 aromatic heterocycles. The average molecular weight is 372 g/mol. The zero-order valence-electron chi connectivity index (χ0n) is 16.2. The van der Waals surface area contributed by atoms with Crippen molar-refractivity contribution in [2.75, 3.05) is 0 Å². The molecule has 0 fully saturated rings. The van der Waals surface area contributed by atoms with Crippen LogP contribution in [0.5, 0.6) is 0 Å². The molecule has 2 heterocycles. The predicted octanol–water partition coefficient (Wildman–Crippen LogP) is 4.92. The molecule has 28 heavy (non-hydrogen) atoms. The number of hydrogen-bond acceptors (Lipinski definition) is 2. The van der Waals surface area contributed by atoms with Crippen molar-refractivity contribution >= 4 is 16.8 Å². The van der Waals surface area contributed by atoms with E-state index in [1.165, 1.54) is 22.0 Å². The number of fused-ring (bicyclic) bond motifs is 1. The van der Waals surface area contributed by atoms with Gasteiger partial charge in [-0.1, -0.05) is 48.0 Å². The van der Waals surface area contributed by atoms with Gasteiger partial charge in [0, 0.05) is 36.5 Å². The van der Waals surface area contributed by atoms with E-state index in [1.54, 1.807) is 6.26 Å². The molecule has 142 valence electrons. The molecule has 0 radical (unpaired) electrons. The van der Waals surface area contributed by atoms with Crippen LogP contribution in [0.1, 0.15) is 34.8 Å². The van der Waals surface area contributed by atoms with Gasteiger partial charge in [-0.25, -0.2) is 0 Å². The molecular formula is C24H24N2O2. The standard InChI is InChI=1S/C24H24N2O2/c1-17-9-11-18(12-10-17)21(14-24(27)25-15-19-6-5-13-28-19)22-16-26(2)23-8-4-3-7-20(22)23/h3-13,16,21H,14-15H2,1-2H3,(H,25,27)/t21-/m1/s1. The van der Waals surface area contributed by atoms with Crippen molar-refractivity contribution in [2.45, 2.75) is 25.8 Å². The molecule has 4 rings (SSSR count). The van der Waals surface area contributed by atoms with Crippen molar-refractivity contribution in [2.24, 2.45) is 7.05 Å². The van der Waals surface area contributed by atoms with Gasteiger partial charge >= 0.3 is 0 Å². The fraction of sp³-hybridized carbons (Fsp3) is 0.208. The average Bonchev–Trinajstić information content (AvgIpc) is 3.34. The Bertz CT molecular complexity index is 1080. The molecule has 4 aromatic rings. The van der Waals surface area contributed by atoms with Gasteiger partial charge in [-0.05, 0) is 36.2 Å². The molecule has 0 bridgehead atoms. The summed E-state index contributed by atoms with van der Waals surface area (Å²) in [6.45, 7) is 2.48. The first-order valence-electron chi connectivity index (χ1n) is 9.51. The van der Waals surface area contributed by atoms with E-state index < -0.39 is 0 Å². The molecule has 0 spiro atoms. The first-order valence-corrected chi connectivity index (χ1v) is 9.51. The number of benzene rings is 2. The number of carbonyl (C=O) groups is 1. The molecule has 4 heteroatoms. The molecule has 0 unspecified atom stereocenters. The highest BCUT2D eigenvalue weighted by atomic mass is 16.3. The summed E-state index contributed by atoms with van der Waals surface area (Å²) in [6, 6.07) is 20.5. The molecular weight excluding hydrogens is 348 g/mol. The minimum absolute atomic E-state index is 0.00918. The summed E-state index contributed by atoms with van der Waals surface area (Å²) in [5.74, 6) is 0.753. The smallest absolute Gasteiger partial charge is 0.221 e. The van der Waals surface area contributed by atoms with Gasteiger partial charge in [0.2, 0.25) is 5.91 Å². The topological polar surface area (TPSA) is 47.2 Å². The van der Waals surface area contributed by atoms with E-state index in [0.29, 0.717) is 13.0 Å². The Morgan fingerprint density at radius 3 is 2.61 bits per heavy atom. The summed E-state index contributed by atoms with van der Waals surface area (Å²) in [5.41, 5.74) is 4.71. The third-order valence-electron chi connectivity index (χ3n) is 5.21. The summed E-state index contributed by atoms with van der Waals surface area (Å²) in [6.07, 6.45) is 4.15. The molecule has 1 atom stereocenters. The number of aromatic nitrogens is 1. The number of rotatable bonds is 6. The summed E-state index contributed by atoms with van der Waals surface area (Å²) in [5, 5.41) is 4.17. The molecule has 0 aliphatic heterocycles. The fourth-order valence-corrected chi connectivity index (χ4v) is 3.71. The second kappa shape index (κ2) is 7.77. The number of amides is 1. The molecule has 0 aliphatic rings. The van der Waals surface area contributed by atoms with Crippen LogP contribution < -0.4 is 5.32 Å². The number of para-hydroxylation sites is 1. The maximum Gasteiger partial charge on any atom is 0.221 e. The van der Waals surface area contributed by atoms with Crippen LogP contribution in [0.15, 0.2) is 77.5 Å². The Balaban J connectivity index is 1.65. The van der Waals surface area contributed by atoms with E-state index in [2.05, 4.69) is 72.5 Å². The molecule has 0 aliphatic carbocycles. The SMILES string of the molecule is Cc1ccc([C@@H](CC(=O)NCc2ccco2)c2cn(C)c3ccccc23)cc1. The third kappa shape index (κ3) is 3.72. The van der Waals surface area contributed by atoms with Gasteiger partial charge in [-0.15, -0.1) is 0 Å². The molecule has 1 amide bonds. The van der Waals surface area contributed by atoms with Gasteiger partial charge in [0.15, 0.2) is 0 Å². The Morgan fingerprint density at radius 2 is 1.86 bits per heavy atom. The summed E-state index contributed by atoms with van der Waals surface area (Å²) < 4.78 is 7.45. The van der Waals surface area contributed by atoms with Crippen molar-refractivity contribution in [3.8, 4) is 0 Å². The second-order valence-corrected chi connectivity index (χ2v) is 7.24. The Labute approximate surface area is 164 Å². The van der Waals surface area contributed by atoms with Gasteiger partial charge in [0.1, 0.15) is 5.76 Å². The molecule has 0 saturated carbocycles. The van der Waals surface area contributed by atoms with Gasteiger partial charge in [-0.2, -0.15) is 0 Å². The monoisotopic (exact) mass is 372 g/mol. The van der Waals surface area contributed by atoms with Crippen LogP contribution in [0.25, 0.3) is 10.9 Å². The van der Waals surface area contributed by atoms with Crippen LogP contribution in [0.3, 0.4) is 0 Å². The quantitative estimate of drug-likeness (QED) is 0.522. The van der Waals surface area contributed by atoms with Crippen LogP contribution in [0, 0.1) is 6.92 Å². The van der Waals surface area contributed by atoms with E-state index in [0.717, 1.165) is 11.3 Å². The number of nitrogens with zero attached hydrogens (tertiary/aromatic N) is 1. The lowest BCUT2D eigenvalue weighted by atomic mass is 9.87. The lowest BCUT2D eigenvalue weighted by molar-refractivity contribution is -0.121. The zero-order valence-corrected chi connectivity index (χ0v) is 16.2. The maximum atomic E-state index is 12.7. The minimum Gasteiger partial charge on any atom is -0.467 e. The second-order valence-electron chi connectivity index (χ2n) is 7.24. The lowest BCUT2D eigenvalue weighted by Gasteiger charge is -2.17. The van der Waals surface area contributed by atoms with Crippen LogP contribution in [-0.4, -0.2) is 10.5 Å². The zero-order chi connectivity index (χ0) is 19.5. The van der Waals surface area contributed by atoms with Crippen molar-refractivity contribution in [1.29, 1.82) is 0 Å². The van der Waals surface area contributed by atoms with E-state index in [4.69, 9.17) is 4.42 Å². The van der Waals surface area contributed by atoms with Gasteiger partial charge in [-0.3, -0.25) is 4.79 Å². The van der Waals surface area contributed by atoms with Crippen molar-refractivity contribution < 1.29 is 9.21 Å². The number of carbonyl (C=O) groups excluding carboxylic acids is 1. The molecule has 4 nitrogen and oxygen atoms in total. The van der Waals surface area contributed by atoms with Crippen LogP contribution in [-0.2, 0) is 18.4 Å². The highest BCUT2D eigenvalue weighted by molar-refractivity contribution is 5.86. The number of furan rings is 1. The maximum absolute atomic E-state index is 12.7. The summed E-state index contributed by atoms with van der Waals surface area (Å²) in [4.78, 5) is 12.7. The predicted molar refractivity (Wildman–Crippen MR) is 111 cm³/mol. The Kier molecular flexibility index (Phi) is 5.02. The first kappa shape index (κ1) is 18.1. The minimum atomic E-state index is -0.0108. The van der Waals surface area contributed by atoms with Gasteiger partial charge < -0.3 is 14.3 Å². The van der Waals surface area contributed by atoms with Crippen molar-refractivity contribution in [3.63, 3.8) is 0 Å². The largest absolute Gasteiger partial charge is 0.467 e. The molecule has 0 saturated heterocycles. The van der Waals surface area contributed by atoms with E-state index in [-0.39, 0.29) is 11.8 Å². The van der Waals surface area contributed by atoms with E-state index in [9.17, 15) is 4.79 Å². The van der Waals surface area contributed by atoms with Gasteiger partial charge in [0.25, 0.3) is 0 Å². The number of hydrogen-bond donors (Lipinski definition) is 1. The summed E-state index contributed by atoms with van der Waals surface area (Å²) in [7, 11) is 2.05. The normalized spacial score (nSPS) is 12.2. The Hall–Kier alpha value is -3.27. The summed E-state index contributed by atoms with van der Waals surface area (Å²) >= 11 is 0. The highest BCUT2D eigenvalue weighted by Crippen LogP contribution is 2.34. The van der Waals surface area contributed by atoms with E-state index >= 15 is 0 Å². The van der Waals surface area contributed by atoms with Crippen molar-refractivity contribution in [1.82, 2.24) is 9.88 Å². The lowest BCUT2D eigenvalue weighted by Crippen LogP contribution is -2.24. The van der Waals surface area contributed by atoms with Gasteiger partial charge in [0.05, 0.1) is 12.8 Å². The fourth-order valence-electron chi connectivity index (χ4n) is 3.71. The number of nitrogens with one attached hydrogen (secondary N) is 1. The van der Waals surface area contributed by atoms with Crippen LogP contribution in [0.4, 0.5) is 0 Å². The third-order valence-corrected chi connectivity index (χ3v) is 5.21. The van der Waals surface area contributed by atoms with E-state index in [1.807, 2.05) is 18.2 Å².